The summed E-state index contributed by atoms with van der Waals surface area (Å²) in [5, 5.41) is 3.59. The summed E-state index contributed by atoms with van der Waals surface area (Å²) in [6.07, 6.45) is 2.52. The second-order valence-corrected chi connectivity index (χ2v) is 5.12. The Morgan fingerprint density at radius 1 is 1.41 bits per heavy atom. The third-order valence-electron chi connectivity index (χ3n) is 3.54. The summed E-state index contributed by atoms with van der Waals surface area (Å²) < 4.78 is 5.40. The number of hydrogen-bond acceptors (Lipinski definition) is 3. The van der Waals surface area contributed by atoms with E-state index in [9.17, 15) is 0 Å². The molecule has 0 radical (unpaired) electrons. The van der Waals surface area contributed by atoms with E-state index in [1.165, 1.54) is 12.8 Å². The molecule has 0 bridgehead atoms. The number of nitrogens with zero attached hydrogens (tertiary/aromatic N) is 1. The van der Waals surface area contributed by atoms with Gasteiger partial charge in [-0.15, -0.1) is 0 Å². The van der Waals surface area contributed by atoms with E-state index in [0.29, 0.717) is 0 Å². The molecule has 3 nitrogen and oxygen atoms in total. The Morgan fingerprint density at radius 3 is 2.82 bits per heavy atom. The van der Waals surface area contributed by atoms with Gasteiger partial charge in [0.15, 0.2) is 0 Å². The molecule has 0 aliphatic carbocycles. The smallest absolute Gasteiger partial charge is 0.142 e. The van der Waals surface area contributed by atoms with Gasteiger partial charge in [0.05, 0.1) is 12.8 Å². The van der Waals surface area contributed by atoms with E-state index in [1.807, 2.05) is 12.1 Å². The Labute approximate surface area is 104 Å². The third kappa shape index (κ3) is 2.72. The van der Waals surface area contributed by atoms with Crippen LogP contribution in [0.25, 0.3) is 0 Å². The molecule has 17 heavy (non-hydrogen) atoms. The van der Waals surface area contributed by atoms with Crippen molar-refractivity contribution in [1.29, 1.82) is 0 Å². The molecular formula is C14H22N2O. The van der Waals surface area contributed by atoms with Crippen LogP contribution in [0.5, 0.6) is 5.75 Å². The van der Waals surface area contributed by atoms with Crippen LogP contribution >= 0.6 is 0 Å². The highest BCUT2D eigenvalue weighted by Gasteiger charge is 2.29. The Morgan fingerprint density at radius 2 is 2.18 bits per heavy atom. The van der Waals surface area contributed by atoms with Crippen LogP contribution in [0.3, 0.4) is 0 Å². The molecule has 0 amide bonds. The Kier molecular flexibility index (Phi) is 3.57. The molecule has 0 spiro atoms. The van der Waals surface area contributed by atoms with Crippen LogP contribution in [0, 0.1) is 0 Å². The van der Waals surface area contributed by atoms with Gasteiger partial charge in [-0.3, -0.25) is 0 Å². The van der Waals surface area contributed by atoms with Crippen molar-refractivity contribution in [3.63, 3.8) is 0 Å². The van der Waals surface area contributed by atoms with Gasteiger partial charge in [0, 0.05) is 19.1 Å². The van der Waals surface area contributed by atoms with Crippen molar-refractivity contribution in [2.45, 2.75) is 25.3 Å². The van der Waals surface area contributed by atoms with Gasteiger partial charge in [0.1, 0.15) is 5.75 Å². The molecule has 1 aromatic rings. The molecule has 3 heteroatoms. The molecule has 1 saturated heterocycles. The van der Waals surface area contributed by atoms with Gasteiger partial charge in [0.2, 0.25) is 0 Å². The molecule has 1 aromatic carbocycles. The maximum Gasteiger partial charge on any atom is 0.142 e. The Hall–Kier alpha value is -1.22. The summed E-state index contributed by atoms with van der Waals surface area (Å²) in [6, 6.07) is 8.18. The van der Waals surface area contributed by atoms with Gasteiger partial charge in [-0.05, 0) is 38.4 Å². The van der Waals surface area contributed by atoms with E-state index in [0.717, 1.165) is 24.5 Å². The van der Waals surface area contributed by atoms with E-state index in [2.05, 4.69) is 36.3 Å². The lowest BCUT2D eigenvalue weighted by molar-refractivity contribution is 0.403. The predicted molar refractivity (Wildman–Crippen MR) is 71.9 cm³/mol. The van der Waals surface area contributed by atoms with E-state index < -0.39 is 0 Å². The summed E-state index contributed by atoms with van der Waals surface area (Å²) in [5.41, 5.74) is 1.39. The van der Waals surface area contributed by atoms with Crippen LogP contribution in [-0.4, -0.2) is 32.8 Å². The first-order valence-electron chi connectivity index (χ1n) is 6.24. The fourth-order valence-electron chi connectivity index (χ4n) is 2.65. The SMILES string of the molecule is COc1ccccc1N(C)CC1(C)CCCN1. The van der Waals surface area contributed by atoms with Gasteiger partial charge in [-0.1, -0.05) is 12.1 Å². The molecule has 1 N–H and O–H groups in total. The van der Waals surface area contributed by atoms with E-state index >= 15 is 0 Å². The highest BCUT2D eigenvalue weighted by atomic mass is 16.5. The molecule has 1 fully saturated rings. The van der Waals surface area contributed by atoms with Crippen LogP contribution in [0.2, 0.25) is 0 Å². The van der Waals surface area contributed by atoms with E-state index in [1.54, 1.807) is 7.11 Å². The standard InChI is InChI=1S/C14H22N2O/c1-14(9-6-10-15-14)11-16(2)12-7-4-5-8-13(12)17-3/h4-5,7-8,15H,6,9-11H2,1-3H3. The Bertz CT molecular complexity index is 372. The van der Waals surface area contributed by atoms with Crippen molar-refractivity contribution >= 4 is 5.69 Å². The van der Waals surface area contributed by atoms with Crippen molar-refractivity contribution < 1.29 is 4.74 Å². The molecule has 0 aromatic heterocycles. The van der Waals surface area contributed by atoms with Crippen molar-refractivity contribution in [1.82, 2.24) is 5.32 Å². The minimum absolute atomic E-state index is 0.232. The number of rotatable bonds is 4. The summed E-state index contributed by atoms with van der Waals surface area (Å²) >= 11 is 0. The monoisotopic (exact) mass is 234 g/mol. The lowest BCUT2D eigenvalue weighted by Gasteiger charge is -2.32. The zero-order valence-corrected chi connectivity index (χ0v) is 11.0. The summed E-state index contributed by atoms with van der Waals surface area (Å²) in [4.78, 5) is 2.27. The van der Waals surface area contributed by atoms with Crippen LogP contribution in [0.1, 0.15) is 19.8 Å². The zero-order valence-electron chi connectivity index (χ0n) is 11.0. The summed E-state index contributed by atoms with van der Waals surface area (Å²) in [5.74, 6) is 0.941. The first-order chi connectivity index (χ1) is 8.14. The topological polar surface area (TPSA) is 24.5 Å². The predicted octanol–water partition coefficient (Wildman–Crippen LogP) is 2.27. The Balaban J connectivity index is 2.11. The molecule has 1 aliphatic rings. The van der Waals surface area contributed by atoms with Crippen molar-refractivity contribution in [2.24, 2.45) is 0 Å². The number of benzene rings is 1. The fourth-order valence-corrected chi connectivity index (χ4v) is 2.65. The number of hydrogen-bond donors (Lipinski definition) is 1. The normalized spacial score (nSPS) is 23.7. The maximum atomic E-state index is 5.40. The third-order valence-corrected chi connectivity index (χ3v) is 3.54. The summed E-state index contributed by atoms with van der Waals surface area (Å²) in [6.45, 7) is 4.44. The van der Waals surface area contributed by atoms with Crippen molar-refractivity contribution in [3.05, 3.63) is 24.3 Å². The van der Waals surface area contributed by atoms with Gasteiger partial charge >= 0.3 is 0 Å². The van der Waals surface area contributed by atoms with Gasteiger partial charge in [0.25, 0.3) is 0 Å². The first kappa shape index (κ1) is 12.2. The number of nitrogens with one attached hydrogen (secondary N) is 1. The van der Waals surface area contributed by atoms with Gasteiger partial charge in [-0.25, -0.2) is 0 Å². The maximum absolute atomic E-state index is 5.40. The largest absolute Gasteiger partial charge is 0.495 e. The number of methoxy groups -OCH3 is 1. The highest BCUT2D eigenvalue weighted by molar-refractivity contribution is 5.58. The molecule has 1 atom stereocenters. The average Bonchev–Trinajstić information content (AvgIpc) is 2.75. The molecule has 1 aliphatic heterocycles. The first-order valence-corrected chi connectivity index (χ1v) is 6.24. The molecule has 94 valence electrons. The van der Waals surface area contributed by atoms with Crippen LogP contribution in [0.15, 0.2) is 24.3 Å². The second-order valence-electron chi connectivity index (χ2n) is 5.12. The second kappa shape index (κ2) is 4.96. The zero-order chi connectivity index (χ0) is 12.3. The minimum Gasteiger partial charge on any atom is -0.495 e. The summed E-state index contributed by atoms with van der Waals surface area (Å²) in [7, 11) is 3.85. The molecule has 0 saturated carbocycles. The number of para-hydroxylation sites is 2. The lowest BCUT2D eigenvalue weighted by atomic mass is 9.99. The van der Waals surface area contributed by atoms with Crippen LogP contribution in [0.4, 0.5) is 5.69 Å². The number of anilines is 1. The number of ether oxygens (including phenoxy) is 1. The fraction of sp³-hybridized carbons (Fsp3) is 0.571. The minimum atomic E-state index is 0.232. The molecule has 1 unspecified atom stereocenters. The average molecular weight is 234 g/mol. The lowest BCUT2D eigenvalue weighted by Crippen LogP contribution is -2.46. The highest BCUT2D eigenvalue weighted by Crippen LogP contribution is 2.29. The van der Waals surface area contributed by atoms with Crippen molar-refractivity contribution in [3.8, 4) is 5.75 Å². The number of likely N-dealkylation sites (N-methyl/N-ethyl adjacent to an activating group) is 1. The van der Waals surface area contributed by atoms with E-state index in [4.69, 9.17) is 4.74 Å². The molecule has 1 heterocycles. The van der Waals surface area contributed by atoms with Crippen LogP contribution < -0.4 is 15.0 Å². The van der Waals surface area contributed by atoms with Crippen molar-refractivity contribution in [2.75, 3.05) is 32.1 Å². The van der Waals surface area contributed by atoms with Crippen LogP contribution in [-0.2, 0) is 0 Å². The molecular weight excluding hydrogens is 212 g/mol. The van der Waals surface area contributed by atoms with E-state index in [-0.39, 0.29) is 5.54 Å². The van der Waals surface area contributed by atoms with Gasteiger partial charge in [-0.2, -0.15) is 0 Å². The molecule has 2 rings (SSSR count). The quantitative estimate of drug-likeness (QED) is 0.865. The van der Waals surface area contributed by atoms with Gasteiger partial charge < -0.3 is 15.0 Å².